The number of rotatable bonds is 7. The van der Waals surface area contributed by atoms with E-state index in [2.05, 4.69) is 42.2 Å². The first-order valence-corrected chi connectivity index (χ1v) is 9.61. The van der Waals surface area contributed by atoms with Crippen LogP contribution in [0.2, 0.25) is 0 Å². The summed E-state index contributed by atoms with van der Waals surface area (Å²) in [6, 6.07) is 11.0. The fraction of sp³-hybridized carbons (Fsp3) is 0.211. The lowest BCUT2D eigenvalue weighted by molar-refractivity contribution is -0.139. The number of aromatic nitrogens is 1. The maximum atomic E-state index is 11.7. The SMILES string of the molecule is COc1c(Br)cc(CN[C@@H](Cc2c[nH]c3ccccc23)C(=O)O)cc1Br. The first-order chi connectivity index (χ1) is 12.5. The number of hydrogen-bond donors (Lipinski definition) is 3. The monoisotopic (exact) mass is 480 g/mol. The molecule has 3 rings (SSSR count). The average Bonchev–Trinajstić information content (AvgIpc) is 3.01. The van der Waals surface area contributed by atoms with Gasteiger partial charge in [-0.25, -0.2) is 0 Å². The zero-order chi connectivity index (χ0) is 18.7. The molecule has 0 aliphatic carbocycles. The number of para-hydroxylation sites is 1. The molecule has 2 aromatic carbocycles. The number of H-pyrrole nitrogens is 1. The summed E-state index contributed by atoms with van der Waals surface area (Å²) in [6.07, 6.45) is 2.28. The van der Waals surface area contributed by atoms with E-state index in [1.54, 1.807) is 7.11 Å². The summed E-state index contributed by atoms with van der Waals surface area (Å²) in [7, 11) is 1.60. The quantitative estimate of drug-likeness (QED) is 0.465. The minimum atomic E-state index is -0.873. The summed E-state index contributed by atoms with van der Waals surface area (Å²) in [5, 5.41) is 13.8. The molecule has 3 N–H and O–H groups in total. The summed E-state index contributed by atoms with van der Waals surface area (Å²) >= 11 is 6.93. The molecule has 0 radical (unpaired) electrons. The number of aromatic amines is 1. The molecule has 5 nitrogen and oxygen atoms in total. The molecule has 0 bridgehead atoms. The van der Waals surface area contributed by atoms with E-state index in [1.165, 1.54) is 0 Å². The summed E-state index contributed by atoms with van der Waals surface area (Å²) in [6.45, 7) is 0.431. The maximum absolute atomic E-state index is 11.7. The molecule has 26 heavy (non-hydrogen) atoms. The van der Waals surface area contributed by atoms with Gasteiger partial charge in [-0.05, 0) is 61.2 Å². The number of hydrogen-bond acceptors (Lipinski definition) is 3. The van der Waals surface area contributed by atoms with Crippen molar-refractivity contribution < 1.29 is 14.6 Å². The Morgan fingerprint density at radius 1 is 1.27 bits per heavy atom. The van der Waals surface area contributed by atoms with Gasteiger partial charge in [0.2, 0.25) is 0 Å². The van der Waals surface area contributed by atoms with Crippen LogP contribution in [0, 0.1) is 0 Å². The number of methoxy groups -OCH3 is 1. The van der Waals surface area contributed by atoms with Crippen LogP contribution in [0.15, 0.2) is 51.5 Å². The Morgan fingerprint density at radius 2 is 1.96 bits per heavy atom. The van der Waals surface area contributed by atoms with Crippen molar-refractivity contribution in [2.45, 2.75) is 19.0 Å². The molecule has 0 unspecified atom stereocenters. The summed E-state index contributed by atoms with van der Waals surface area (Å²) in [5.74, 6) is -0.163. The molecule has 1 heterocycles. The number of aliphatic carboxylic acids is 1. The Kier molecular flexibility index (Phi) is 6.01. The number of carbonyl (C=O) groups is 1. The minimum Gasteiger partial charge on any atom is -0.494 e. The van der Waals surface area contributed by atoms with Crippen molar-refractivity contribution >= 4 is 48.7 Å². The van der Waals surface area contributed by atoms with Gasteiger partial charge in [0.05, 0.1) is 16.1 Å². The van der Waals surface area contributed by atoms with Gasteiger partial charge < -0.3 is 20.1 Å². The highest BCUT2D eigenvalue weighted by Crippen LogP contribution is 2.34. The van der Waals surface area contributed by atoms with Crippen molar-refractivity contribution in [2.24, 2.45) is 0 Å². The number of halogens is 2. The maximum Gasteiger partial charge on any atom is 0.321 e. The Morgan fingerprint density at radius 3 is 2.62 bits per heavy atom. The lowest BCUT2D eigenvalue weighted by atomic mass is 10.0. The van der Waals surface area contributed by atoms with Crippen LogP contribution in [0.25, 0.3) is 10.9 Å². The van der Waals surface area contributed by atoms with Gasteiger partial charge in [0.15, 0.2) is 0 Å². The van der Waals surface area contributed by atoms with Crippen LogP contribution in [0.3, 0.4) is 0 Å². The van der Waals surface area contributed by atoms with Crippen LogP contribution in [0.4, 0.5) is 0 Å². The van der Waals surface area contributed by atoms with Crippen LogP contribution in [0.1, 0.15) is 11.1 Å². The third-order valence-corrected chi connectivity index (χ3v) is 5.39. The fourth-order valence-corrected chi connectivity index (χ4v) is 4.52. The zero-order valence-corrected chi connectivity index (χ0v) is 17.2. The smallest absolute Gasteiger partial charge is 0.321 e. The molecule has 0 aliphatic heterocycles. The minimum absolute atomic E-state index is 0.401. The first-order valence-electron chi connectivity index (χ1n) is 8.02. The third-order valence-electron chi connectivity index (χ3n) is 4.21. The Labute approximate surface area is 168 Å². The van der Waals surface area contributed by atoms with E-state index in [0.29, 0.717) is 18.7 Å². The number of nitrogens with one attached hydrogen (secondary N) is 2. The summed E-state index contributed by atoms with van der Waals surface area (Å²) in [4.78, 5) is 14.9. The largest absolute Gasteiger partial charge is 0.494 e. The van der Waals surface area contributed by atoms with Crippen LogP contribution < -0.4 is 10.1 Å². The Bertz CT molecular complexity index is 916. The van der Waals surface area contributed by atoms with Gasteiger partial charge in [-0.3, -0.25) is 4.79 Å². The normalized spacial score (nSPS) is 12.3. The van der Waals surface area contributed by atoms with Crippen LogP contribution >= 0.6 is 31.9 Å². The number of carboxylic acids is 1. The van der Waals surface area contributed by atoms with Gasteiger partial charge in [0.25, 0.3) is 0 Å². The van der Waals surface area contributed by atoms with Crippen LogP contribution in [-0.2, 0) is 17.8 Å². The second-order valence-corrected chi connectivity index (χ2v) is 7.64. The van der Waals surface area contributed by atoms with Gasteiger partial charge in [0.1, 0.15) is 11.8 Å². The predicted octanol–water partition coefficient (Wildman–Crippen LogP) is 4.49. The lowest BCUT2D eigenvalue weighted by Crippen LogP contribution is -2.38. The molecule has 7 heteroatoms. The van der Waals surface area contributed by atoms with E-state index in [9.17, 15) is 9.90 Å². The van der Waals surface area contributed by atoms with E-state index in [-0.39, 0.29) is 0 Å². The Balaban J connectivity index is 1.74. The van der Waals surface area contributed by atoms with E-state index in [4.69, 9.17) is 4.74 Å². The van der Waals surface area contributed by atoms with Gasteiger partial charge >= 0.3 is 5.97 Å². The van der Waals surface area contributed by atoms with E-state index >= 15 is 0 Å². The highest BCUT2D eigenvalue weighted by atomic mass is 79.9. The number of fused-ring (bicyclic) bond motifs is 1. The van der Waals surface area contributed by atoms with Crippen molar-refractivity contribution in [1.82, 2.24) is 10.3 Å². The van der Waals surface area contributed by atoms with Gasteiger partial charge in [-0.15, -0.1) is 0 Å². The highest BCUT2D eigenvalue weighted by Gasteiger charge is 2.19. The molecule has 1 atom stereocenters. The summed E-state index contributed by atoms with van der Waals surface area (Å²) in [5.41, 5.74) is 2.95. The molecule has 136 valence electrons. The molecule has 0 saturated carbocycles. The topological polar surface area (TPSA) is 74.3 Å². The lowest BCUT2D eigenvalue weighted by Gasteiger charge is -2.15. The van der Waals surface area contributed by atoms with Crippen LogP contribution in [0.5, 0.6) is 5.75 Å². The Hall–Kier alpha value is -1.83. The molecule has 0 aliphatic rings. The van der Waals surface area contributed by atoms with Crippen molar-refractivity contribution in [1.29, 1.82) is 0 Å². The summed E-state index contributed by atoms with van der Waals surface area (Å²) < 4.78 is 6.92. The first kappa shape index (κ1) is 18.9. The fourth-order valence-electron chi connectivity index (χ4n) is 2.92. The molecule has 0 fully saturated rings. The molecule has 0 saturated heterocycles. The van der Waals surface area contributed by atoms with E-state index < -0.39 is 12.0 Å². The van der Waals surface area contributed by atoms with Crippen molar-refractivity contribution in [3.63, 3.8) is 0 Å². The molecule has 0 amide bonds. The molecular formula is C19H18Br2N2O3. The molecule has 0 spiro atoms. The van der Waals surface area contributed by atoms with Crippen molar-refractivity contribution in [2.75, 3.05) is 7.11 Å². The van der Waals surface area contributed by atoms with Gasteiger partial charge in [0, 0.05) is 30.1 Å². The number of benzene rings is 2. The van der Waals surface area contributed by atoms with Crippen molar-refractivity contribution in [3.05, 3.63) is 62.7 Å². The highest BCUT2D eigenvalue weighted by molar-refractivity contribution is 9.11. The van der Waals surface area contributed by atoms with Gasteiger partial charge in [-0.1, -0.05) is 18.2 Å². The third kappa shape index (κ3) is 4.11. The van der Waals surface area contributed by atoms with E-state index in [1.807, 2.05) is 42.6 Å². The zero-order valence-electron chi connectivity index (χ0n) is 14.1. The molecule has 3 aromatic rings. The number of ether oxygens (including phenoxy) is 1. The molecular weight excluding hydrogens is 464 g/mol. The standard InChI is InChI=1S/C19H18Br2N2O3/c1-26-18-14(20)6-11(7-15(18)21)9-22-17(19(24)25)8-12-10-23-16-5-3-2-4-13(12)16/h2-7,10,17,22-23H,8-9H2,1H3,(H,24,25)/t17-/m0/s1. The molecule has 1 aromatic heterocycles. The van der Waals surface area contributed by atoms with Crippen LogP contribution in [-0.4, -0.2) is 29.2 Å². The average molecular weight is 482 g/mol. The van der Waals surface area contributed by atoms with Crippen molar-refractivity contribution in [3.8, 4) is 5.75 Å². The number of carboxylic acid groups (broad SMARTS) is 1. The predicted molar refractivity (Wildman–Crippen MR) is 109 cm³/mol. The van der Waals surface area contributed by atoms with Gasteiger partial charge in [-0.2, -0.15) is 0 Å². The second-order valence-electron chi connectivity index (χ2n) is 5.93. The second kappa shape index (κ2) is 8.24. The van der Waals surface area contributed by atoms with E-state index in [0.717, 1.165) is 31.0 Å².